The zero-order valence-corrected chi connectivity index (χ0v) is 8.67. The van der Waals surface area contributed by atoms with Crippen molar-refractivity contribution in [2.24, 2.45) is 5.92 Å². The molecule has 14 heavy (non-hydrogen) atoms. The molecule has 1 aliphatic carbocycles. The lowest BCUT2D eigenvalue weighted by Gasteiger charge is -1.97. The molecule has 0 aromatic carbocycles. The molecular weight excluding hydrogens is 200 g/mol. The summed E-state index contributed by atoms with van der Waals surface area (Å²) in [5.74, 6) is -0.108. The monoisotopic (exact) mass is 212 g/mol. The molecule has 5 heteroatoms. The molecule has 2 rings (SSSR count). The summed E-state index contributed by atoms with van der Waals surface area (Å²) in [5, 5.41) is 14.5. The second kappa shape index (κ2) is 3.57. The molecule has 4 nitrogen and oxygen atoms in total. The molecule has 1 saturated carbocycles. The van der Waals surface area contributed by atoms with Crippen LogP contribution in [0, 0.1) is 5.92 Å². The van der Waals surface area contributed by atoms with Gasteiger partial charge in [0, 0.05) is 11.4 Å². The summed E-state index contributed by atoms with van der Waals surface area (Å²) in [7, 11) is 0. The van der Waals surface area contributed by atoms with Crippen LogP contribution < -0.4 is 5.32 Å². The number of nitrogens with zero attached hydrogens (tertiary/aromatic N) is 1. The minimum atomic E-state index is -0.832. The summed E-state index contributed by atoms with van der Waals surface area (Å²) >= 11 is 1.48. The van der Waals surface area contributed by atoms with E-state index in [1.807, 2.05) is 0 Å². The first-order valence-corrected chi connectivity index (χ1v) is 5.46. The van der Waals surface area contributed by atoms with E-state index in [0.717, 1.165) is 11.0 Å². The Morgan fingerprint density at radius 2 is 2.57 bits per heavy atom. The number of hydrogen-bond acceptors (Lipinski definition) is 4. The highest BCUT2D eigenvalue weighted by Crippen LogP contribution is 2.33. The zero-order chi connectivity index (χ0) is 10.1. The lowest BCUT2D eigenvalue weighted by atomic mass is 10.3. The molecular formula is C9H12N2O2S. The van der Waals surface area contributed by atoms with Crippen LogP contribution in [0.4, 0.5) is 5.13 Å². The van der Waals surface area contributed by atoms with Crippen molar-refractivity contribution in [3.05, 3.63) is 11.1 Å². The average molecular weight is 212 g/mol. The molecule has 0 bridgehead atoms. The van der Waals surface area contributed by atoms with E-state index in [9.17, 15) is 4.79 Å². The van der Waals surface area contributed by atoms with Gasteiger partial charge in [0.25, 0.3) is 0 Å². The standard InChI is InChI=1S/C9H12N2O2S/c1-5-2-7(5)11-9-10-6(4-14-9)3-8(12)13/h4-5,7H,2-3H2,1H3,(H,10,11)(H,12,13)/t5-,7-/m1/s1. The molecule has 0 aliphatic heterocycles. The highest BCUT2D eigenvalue weighted by molar-refractivity contribution is 7.13. The molecule has 1 fully saturated rings. The van der Waals surface area contributed by atoms with E-state index in [4.69, 9.17) is 5.11 Å². The highest BCUT2D eigenvalue weighted by Gasteiger charge is 2.32. The molecule has 76 valence electrons. The van der Waals surface area contributed by atoms with Crippen LogP contribution in [0.3, 0.4) is 0 Å². The molecule has 1 aromatic rings. The Bertz CT molecular complexity index is 350. The van der Waals surface area contributed by atoms with Crippen molar-refractivity contribution >= 4 is 22.4 Å². The third kappa shape index (κ3) is 2.23. The number of rotatable bonds is 4. The van der Waals surface area contributed by atoms with Gasteiger partial charge < -0.3 is 10.4 Å². The fourth-order valence-corrected chi connectivity index (χ4v) is 2.06. The van der Waals surface area contributed by atoms with Crippen molar-refractivity contribution in [2.75, 3.05) is 5.32 Å². The smallest absolute Gasteiger partial charge is 0.309 e. The molecule has 0 amide bonds. The summed E-state index contributed by atoms with van der Waals surface area (Å²) in [6.07, 6.45) is 1.20. The largest absolute Gasteiger partial charge is 0.481 e. The first kappa shape index (κ1) is 9.45. The van der Waals surface area contributed by atoms with E-state index in [2.05, 4.69) is 17.2 Å². The molecule has 1 heterocycles. The molecule has 1 aliphatic rings. The number of carbonyl (C=O) groups is 1. The predicted octanol–water partition coefficient (Wildman–Crippen LogP) is 1.59. The van der Waals surface area contributed by atoms with Gasteiger partial charge in [0.15, 0.2) is 5.13 Å². The van der Waals surface area contributed by atoms with Crippen LogP contribution in [0.1, 0.15) is 19.0 Å². The molecule has 0 saturated heterocycles. The van der Waals surface area contributed by atoms with Crippen LogP contribution in [-0.2, 0) is 11.2 Å². The van der Waals surface area contributed by atoms with Crippen molar-refractivity contribution in [2.45, 2.75) is 25.8 Å². The second-order valence-corrected chi connectivity index (χ2v) is 4.54. The lowest BCUT2D eigenvalue weighted by Crippen LogP contribution is -2.04. The van der Waals surface area contributed by atoms with E-state index in [1.54, 1.807) is 5.38 Å². The van der Waals surface area contributed by atoms with Gasteiger partial charge in [0.1, 0.15) is 0 Å². The predicted molar refractivity (Wildman–Crippen MR) is 54.6 cm³/mol. The van der Waals surface area contributed by atoms with E-state index in [-0.39, 0.29) is 6.42 Å². The minimum Gasteiger partial charge on any atom is -0.481 e. The van der Waals surface area contributed by atoms with Crippen LogP contribution in [0.15, 0.2) is 5.38 Å². The van der Waals surface area contributed by atoms with Crippen molar-refractivity contribution < 1.29 is 9.90 Å². The van der Waals surface area contributed by atoms with Gasteiger partial charge in [0.05, 0.1) is 12.1 Å². The van der Waals surface area contributed by atoms with Crippen LogP contribution >= 0.6 is 11.3 Å². The maximum absolute atomic E-state index is 10.4. The average Bonchev–Trinajstić information content (AvgIpc) is 2.60. The maximum atomic E-state index is 10.4. The number of thiazole rings is 1. The molecule has 2 N–H and O–H groups in total. The first-order valence-electron chi connectivity index (χ1n) is 4.58. The fourth-order valence-electron chi connectivity index (χ4n) is 1.29. The Morgan fingerprint density at radius 3 is 3.14 bits per heavy atom. The van der Waals surface area contributed by atoms with E-state index in [0.29, 0.717) is 11.7 Å². The van der Waals surface area contributed by atoms with E-state index < -0.39 is 5.97 Å². The van der Waals surface area contributed by atoms with Crippen molar-refractivity contribution in [1.82, 2.24) is 4.98 Å². The van der Waals surface area contributed by atoms with Crippen molar-refractivity contribution in [1.29, 1.82) is 0 Å². The lowest BCUT2D eigenvalue weighted by molar-refractivity contribution is -0.136. The van der Waals surface area contributed by atoms with E-state index >= 15 is 0 Å². The van der Waals surface area contributed by atoms with Crippen LogP contribution in [-0.4, -0.2) is 22.1 Å². The van der Waals surface area contributed by atoms with Gasteiger partial charge in [0.2, 0.25) is 0 Å². The van der Waals surface area contributed by atoms with Gasteiger partial charge in [-0.2, -0.15) is 0 Å². The number of aliphatic carboxylic acids is 1. The SMILES string of the molecule is C[C@@H]1C[C@H]1Nc1nc(CC(=O)O)cs1. The zero-order valence-electron chi connectivity index (χ0n) is 7.86. The van der Waals surface area contributed by atoms with Crippen molar-refractivity contribution in [3.63, 3.8) is 0 Å². The van der Waals surface area contributed by atoms with Crippen LogP contribution in [0.5, 0.6) is 0 Å². The Labute approximate surface area is 86.0 Å². The van der Waals surface area contributed by atoms with E-state index in [1.165, 1.54) is 17.8 Å². The maximum Gasteiger partial charge on any atom is 0.309 e. The Kier molecular flexibility index (Phi) is 2.41. The minimum absolute atomic E-state index is 0.0123. The summed E-state index contributed by atoms with van der Waals surface area (Å²) in [4.78, 5) is 14.6. The highest BCUT2D eigenvalue weighted by atomic mass is 32.1. The second-order valence-electron chi connectivity index (χ2n) is 3.68. The summed E-state index contributed by atoms with van der Waals surface area (Å²) < 4.78 is 0. The number of carboxylic acid groups (broad SMARTS) is 1. The Balaban J connectivity index is 1.92. The summed E-state index contributed by atoms with van der Waals surface area (Å²) in [6, 6.07) is 0.541. The first-order chi connectivity index (χ1) is 6.65. The van der Waals surface area contributed by atoms with Crippen LogP contribution in [0.2, 0.25) is 0 Å². The topological polar surface area (TPSA) is 62.2 Å². The quantitative estimate of drug-likeness (QED) is 0.795. The third-order valence-electron chi connectivity index (χ3n) is 2.30. The number of nitrogens with one attached hydrogen (secondary N) is 1. The van der Waals surface area contributed by atoms with Gasteiger partial charge in [-0.05, 0) is 12.3 Å². The van der Waals surface area contributed by atoms with Crippen molar-refractivity contribution in [3.8, 4) is 0 Å². The van der Waals surface area contributed by atoms with Gasteiger partial charge in [-0.1, -0.05) is 6.92 Å². The Morgan fingerprint density at radius 1 is 1.86 bits per heavy atom. The van der Waals surface area contributed by atoms with Gasteiger partial charge in [-0.15, -0.1) is 11.3 Å². The Hall–Kier alpha value is -1.10. The summed E-state index contributed by atoms with van der Waals surface area (Å²) in [6.45, 7) is 2.18. The molecule has 1 aromatic heterocycles. The van der Waals surface area contributed by atoms with Gasteiger partial charge >= 0.3 is 5.97 Å². The van der Waals surface area contributed by atoms with Gasteiger partial charge in [-0.3, -0.25) is 4.79 Å². The fraction of sp³-hybridized carbons (Fsp3) is 0.556. The number of hydrogen-bond donors (Lipinski definition) is 2. The molecule has 0 spiro atoms. The molecule has 0 unspecified atom stereocenters. The summed E-state index contributed by atoms with van der Waals surface area (Å²) in [5.41, 5.74) is 0.637. The molecule has 0 radical (unpaired) electrons. The number of carboxylic acids is 1. The normalized spacial score (nSPS) is 24.6. The van der Waals surface area contributed by atoms with Crippen LogP contribution in [0.25, 0.3) is 0 Å². The number of aromatic nitrogens is 1. The third-order valence-corrected chi connectivity index (χ3v) is 3.12. The number of anilines is 1. The molecule has 2 atom stereocenters. The van der Waals surface area contributed by atoms with Gasteiger partial charge in [-0.25, -0.2) is 4.98 Å².